The van der Waals surface area contributed by atoms with Crippen LogP contribution in [0, 0.1) is 5.92 Å². The van der Waals surface area contributed by atoms with Gasteiger partial charge in [0.05, 0.1) is 6.10 Å². The van der Waals surface area contributed by atoms with Crippen LogP contribution in [0.5, 0.6) is 0 Å². The van der Waals surface area contributed by atoms with Gasteiger partial charge in [-0.25, -0.2) is 0 Å². The molecule has 0 radical (unpaired) electrons. The highest BCUT2D eigenvalue weighted by Gasteiger charge is 2.22. The van der Waals surface area contributed by atoms with Gasteiger partial charge in [0, 0.05) is 7.11 Å². The molecule has 0 aromatic heterocycles. The summed E-state index contributed by atoms with van der Waals surface area (Å²) in [6.45, 7) is 2.27. The van der Waals surface area contributed by atoms with Crippen LogP contribution in [0.3, 0.4) is 0 Å². The summed E-state index contributed by atoms with van der Waals surface area (Å²) in [7, 11) is 1.82. The summed E-state index contributed by atoms with van der Waals surface area (Å²) < 4.78 is 5.24. The lowest BCUT2D eigenvalue weighted by Crippen LogP contribution is -2.04. The summed E-state index contributed by atoms with van der Waals surface area (Å²) >= 11 is 0. The molecule has 0 heterocycles. The monoisotopic (exact) mass is 128 g/mol. The smallest absolute Gasteiger partial charge is 0.0574 e. The van der Waals surface area contributed by atoms with Gasteiger partial charge in [-0.05, 0) is 25.2 Å². The molecule has 2 atom stereocenters. The number of rotatable bonds is 2. The summed E-state index contributed by atoms with van der Waals surface area (Å²) in [5, 5.41) is 0. The third kappa shape index (κ3) is 1.68. The third-order valence-electron chi connectivity index (χ3n) is 2.40. The van der Waals surface area contributed by atoms with E-state index in [-0.39, 0.29) is 0 Å². The van der Waals surface area contributed by atoms with Crippen LogP contribution in [0.15, 0.2) is 0 Å². The molecule has 1 unspecified atom stereocenters. The summed E-state index contributed by atoms with van der Waals surface area (Å²) in [6.07, 6.45) is 5.88. The molecular weight excluding hydrogens is 112 g/mol. The maximum absolute atomic E-state index is 5.24. The summed E-state index contributed by atoms with van der Waals surface area (Å²) in [5.74, 6) is 0.954. The third-order valence-corrected chi connectivity index (χ3v) is 2.40. The van der Waals surface area contributed by atoms with Gasteiger partial charge in [0.25, 0.3) is 0 Å². The average Bonchev–Trinajstić information content (AvgIpc) is 2.34. The number of hydrogen-bond donors (Lipinski definition) is 0. The van der Waals surface area contributed by atoms with E-state index in [1.807, 2.05) is 7.11 Å². The van der Waals surface area contributed by atoms with E-state index in [4.69, 9.17) is 4.74 Å². The Labute approximate surface area is 57.4 Å². The molecule has 9 heavy (non-hydrogen) atoms. The van der Waals surface area contributed by atoms with Crippen molar-refractivity contribution in [2.24, 2.45) is 5.92 Å². The van der Waals surface area contributed by atoms with Crippen LogP contribution in [0.2, 0.25) is 0 Å². The van der Waals surface area contributed by atoms with E-state index >= 15 is 0 Å². The van der Waals surface area contributed by atoms with Crippen molar-refractivity contribution in [1.29, 1.82) is 0 Å². The van der Waals surface area contributed by atoms with E-state index in [9.17, 15) is 0 Å². The van der Waals surface area contributed by atoms with Gasteiger partial charge < -0.3 is 4.74 Å². The van der Waals surface area contributed by atoms with Crippen molar-refractivity contribution < 1.29 is 4.74 Å². The highest BCUT2D eigenvalue weighted by atomic mass is 16.5. The lowest BCUT2D eigenvalue weighted by molar-refractivity contribution is 0.105. The second kappa shape index (κ2) is 3.21. The van der Waals surface area contributed by atoms with Crippen molar-refractivity contribution in [3.63, 3.8) is 0 Å². The van der Waals surface area contributed by atoms with E-state index in [2.05, 4.69) is 6.92 Å². The fourth-order valence-corrected chi connectivity index (χ4v) is 1.61. The van der Waals surface area contributed by atoms with Crippen LogP contribution in [0.4, 0.5) is 0 Å². The predicted molar refractivity (Wildman–Crippen MR) is 38.4 cm³/mol. The summed E-state index contributed by atoms with van der Waals surface area (Å²) in [6, 6.07) is 0. The molecule has 1 nitrogen and oxygen atoms in total. The zero-order chi connectivity index (χ0) is 6.69. The van der Waals surface area contributed by atoms with Gasteiger partial charge >= 0.3 is 0 Å². The molecule has 54 valence electrons. The highest BCUT2D eigenvalue weighted by Crippen LogP contribution is 2.29. The maximum atomic E-state index is 5.24. The Morgan fingerprint density at radius 3 is 2.56 bits per heavy atom. The summed E-state index contributed by atoms with van der Waals surface area (Å²) in [5.41, 5.74) is 0. The first-order chi connectivity index (χ1) is 4.36. The maximum Gasteiger partial charge on any atom is 0.0574 e. The normalized spacial score (nSPS) is 35.3. The Balaban J connectivity index is 2.20. The quantitative estimate of drug-likeness (QED) is 0.554. The van der Waals surface area contributed by atoms with Crippen LogP contribution in [0.25, 0.3) is 0 Å². The van der Waals surface area contributed by atoms with Crippen LogP contribution in [-0.2, 0) is 4.74 Å². The topological polar surface area (TPSA) is 9.23 Å². The second-order valence-corrected chi connectivity index (χ2v) is 2.95. The first kappa shape index (κ1) is 7.07. The minimum atomic E-state index is 0.579. The lowest BCUT2D eigenvalue weighted by atomic mass is 10.1. The molecule has 1 heteroatoms. The van der Waals surface area contributed by atoms with Crippen molar-refractivity contribution in [2.75, 3.05) is 7.11 Å². The molecule has 0 amide bonds. The molecule has 1 aliphatic carbocycles. The molecule has 1 rings (SSSR count). The van der Waals surface area contributed by atoms with Gasteiger partial charge in [0.15, 0.2) is 0 Å². The molecular formula is C8H16O. The Bertz CT molecular complexity index is 70.6. The van der Waals surface area contributed by atoms with Crippen molar-refractivity contribution in [1.82, 2.24) is 0 Å². The molecule has 1 aliphatic rings. The molecule has 0 aromatic carbocycles. The minimum Gasteiger partial charge on any atom is -0.381 e. The SMILES string of the molecule is CC[C@H]1CCC(OC)C1. The van der Waals surface area contributed by atoms with Gasteiger partial charge in [-0.1, -0.05) is 13.3 Å². The van der Waals surface area contributed by atoms with Crippen LogP contribution in [-0.4, -0.2) is 13.2 Å². The molecule has 1 fully saturated rings. The van der Waals surface area contributed by atoms with E-state index in [0.29, 0.717) is 6.10 Å². The van der Waals surface area contributed by atoms with Crippen molar-refractivity contribution in [2.45, 2.75) is 38.7 Å². The predicted octanol–water partition coefficient (Wildman–Crippen LogP) is 2.21. The lowest BCUT2D eigenvalue weighted by Gasteiger charge is -2.06. The second-order valence-electron chi connectivity index (χ2n) is 2.95. The fourth-order valence-electron chi connectivity index (χ4n) is 1.61. The van der Waals surface area contributed by atoms with Crippen LogP contribution in [0.1, 0.15) is 32.6 Å². The number of hydrogen-bond acceptors (Lipinski definition) is 1. The number of methoxy groups -OCH3 is 1. The van der Waals surface area contributed by atoms with Crippen LogP contribution < -0.4 is 0 Å². The first-order valence-corrected chi connectivity index (χ1v) is 3.89. The van der Waals surface area contributed by atoms with Gasteiger partial charge in [0.2, 0.25) is 0 Å². The Hall–Kier alpha value is -0.0400. The molecule has 0 aliphatic heterocycles. The summed E-state index contributed by atoms with van der Waals surface area (Å²) in [4.78, 5) is 0. The fraction of sp³-hybridized carbons (Fsp3) is 1.00. The molecule has 0 bridgehead atoms. The molecule has 0 saturated heterocycles. The van der Waals surface area contributed by atoms with E-state index < -0.39 is 0 Å². The number of ether oxygens (including phenoxy) is 1. The Kier molecular flexibility index (Phi) is 2.52. The van der Waals surface area contributed by atoms with E-state index in [1.54, 1.807) is 0 Å². The zero-order valence-corrected chi connectivity index (χ0v) is 6.39. The van der Waals surface area contributed by atoms with Crippen molar-refractivity contribution in [3.05, 3.63) is 0 Å². The largest absolute Gasteiger partial charge is 0.381 e. The Morgan fingerprint density at radius 2 is 2.22 bits per heavy atom. The zero-order valence-electron chi connectivity index (χ0n) is 6.39. The van der Waals surface area contributed by atoms with Gasteiger partial charge in [-0.3, -0.25) is 0 Å². The molecule has 1 saturated carbocycles. The van der Waals surface area contributed by atoms with Crippen molar-refractivity contribution >= 4 is 0 Å². The minimum absolute atomic E-state index is 0.579. The van der Waals surface area contributed by atoms with Crippen molar-refractivity contribution in [3.8, 4) is 0 Å². The van der Waals surface area contributed by atoms with Gasteiger partial charge in [-0.15, -0.1) is 0 Å². The van der Waals surface area contributed by atoms with Gasteiger partial charge in [-0.2, -0.15) is 0 Å². The van der Waals surface area contributed by atoms with E-state index in [0.717, 1.165) is 5.92 Å². The first-order valence-electron chi connectivity index (χ1n) is 3.89. The van der Waals surface area contributed by atoms with Gasteiger partial charge in [0.1, 0.15) is 0 Å². The molecule has 0 N–H and O–H groups in total. The average molecular weight is 128 g/mol. The highest BCUT2D eigenvalue weighted by molar-refractivity contribution is 4.74. The Morgan fingerprint density at radius 1 is 1.44 bits per heavy atom. The molecule has 0 aromatic rings. The van der Waals surface area contributed by atoms with E-state index in [1.165, 1.54) is 25.7 Å². The van der Waals surface area contributed by atoms with Crippen LogP contribution >= 0.6 is 0 Å². The molecule has 0 spiro atoms. The standard InChI is InChI=1S/C8H16O/c1-3-7-4-5-8(6-7)9-2/h7-8H,3-6H2,1-2H3/t7-,8?/m0/s1.